The zero-order valence-corrected chi connectivity index (χ0v) is 20.4. The summed E-state index contributed by atoms with van der Waals surface area (Å²) in [6.45, 7) is 0.161. The van der Waals surface area contributed by atoms with E-state index in [0.717, 1.165) is 21.5 Å². The fraction of sp³-hybridized carbons (Fsp3) is 0.111. The molecular formula is C27H21FN2O3S2. The molecule has 0 aliphatic rings. The third kappa shape index (κ3) is 4.60. The van der Waals surface area contributed by atoms with Crippen molar-refractivity contribution in [1.29, 1.82) is 0 Å². The van der Waals surface area contributed by atoms with E-state index >= 15 is 0 Å². The van der Waals surface area contributed by atoms with Gasteiger partial charge in [-0.15, -0.1) is 11.3 Å². The minimum atomic E-state index is -3.38. The van der Waals surface area contributed by atoms with Gasteiger partial charge in [0.15, 0.2) is 15.4 Å². The molecule has 5 nitrogen and oxygen atoms in total. The number of rotatable bonds is 7. The number of hydrogen-bond donors (Lipinski definition) is 0. The molecule has 1 unspecified atom stereocenters. The molecule has 0 amide bonds. The maximum atomic E-state index is 13.9. The van der Waals surface area contributed by atoms with E-state index in [2.05, 4.69) is 4.98 Å². The number of benzene rings is 3. The summed E-state index contributed by atoms with van der Waals surface area (Å²) in [5, 5.41) is 1.03. The van der Waals surface area contributed by atoms with Crippen LogP contribution in [0.4, 0.5) is 4.39 Å². The summed E-state index contributed by atoms with van der Waals surface area (Å²) < 4.78 is 44.7. The predicted molar refractivity (Wildman–Crippen MR) is 134 cm³/mol. The Balaban J connectivity index is 1.65. The lowest BCUT2D eigenvalue weighted by Crippen LogP contribution is -2.32. The second kappa shape index (κ2) is 9.30. The van der Waals surface area contributed by atoms with Crippen molar-refractivity contribution in [3.63, 3.8) is 0 Å². The van der Waals surface area contributed by atoms with Gasteiger partial charge in [-0.1, -0.05) is 48.5 Å². The highest BCUT2D eigenvalue weighted by Gasteiger charge is 2.39. The van der Waals surface area contributed by atoms with Crippen molar-refractivity contribution < 1.29 is 17.5 Å². The molecule has 8 heteroatoms. The summed E-state index contributed by atoms with van der Waals surface area (Å²) >= 11 is 1.40. The maximum absolute atomic E-state index is 13.9. The zero-order valence-electron chi connectivity index (χ0n) is 18.8. The van der Waals surface area contributed by atoms with Gasteiger partial charge in [-0.25, -0.2) is 12.8 Å². The Hall–Kier alpha value is -3.46. The number of aromatic nitrogens is 2. The van der Waals surface area contributed by atoms with Crippen LogP contribution in [0.15, 0.2) is 102 Å². The van der Waals surface area contributed by atoms with Crippen LogP contribution in [0.1, 0.15) is 21.7 Å². The molecule has 2 heterocycles. The van der Waals surface area contributed by atoms with Gasteiger partial charge in [0, 0.05) is 17.8 Å². The highest BCUT2D eigenvalue weighted by molar-refractivity contribution is 7.90. The fourth-order valence-electron chi connectivity index (χ4n) is 4.07. The molecule has 2 aromatic heterocycles. The standard InChI is InChI=1S/C27H21FN2O3S2/c1-35(31,32)24-14-9-21(10-15-24)27(26-16-29-18-34-26,20-7-11-22(28)12-8-20)33-17-23-13-6-19-4-2-3-5-25(19)30-23/h2-16,18H,17H2,1H3. The molecule has 0 aliphatic heterocycles. The Bertz CT molecular complexity index is 1570. The van der Waals surface area contributed by atoms with Gasteiger partial charge in [0.2, 0.25) is 0 Å². The highest BCUT2D eigenvalue weighted by Crippen LogP contribution is 2.43. The van der Waals surface area contributed by atoms with Crippen LogP contribution in [0.3, 0.4) is 0 Å². The molecule has 3 aromatic carbocycles. The molecule has 176 valence electrons. The molecule has 5 aromatic rings. The van der Waals surface area contributed by atoms with Crippen LogP contribution < -0.4 is 0 Å². The quantitative estimate of drug-likeness (QED) is 0.283. The lowest BCUT2D eigenvalue weighted by molar-refractivity contribution is 0.00104. The number of halogens is 1. The van der Waals surface area contributed by atoms with E-state index in [0.29, 0.717) is 11.1 Å². The zero-order chi connectivity index (χ0) is 24.5. The fourth-order valence-corrected chi connectivity index (χ4v) is 5.52. The molecule has 0 saturated carbocycles. The van der Waals surface area contributed by atoms with E-state index in [1.54, 1.807) is 48.1 Å². The molecule has 1 atom stereocenters. The molecule has 35 heavy (non-hydrogen) atoms. The first-order valence-corrected chi connectivity index (χ1v) is 13.6. The van der Waals surface area contributed by atoms with Gasteiger partial charge in [-0.05, 0) is 47.5 Å². The Labute approximate surface area is 206 Å². The van der Waals surface area contributed by atoms with Crippen LogP contribution in [-0.2, 0) is 26.8 Å². The molecule has 0 saturated heterocycles. The van der Waals surface area contributed by atoms with Crippen LogP contribution in [0.2, 0.25) is 0 Å². The Morgan fingerprint density at radius 1 is 0.914 bits per heavy atom. The van der Waals surface area contributed by atoms with Crippen molar-refractivity contribution in [2.45, 2.75) is 17.1 Å². The van der Waals surface area contributed by atoms with Crippen LogP contribution in [0.5, 0.6) is 0 Å². The van der Waals surface area contributed by atoms with Crippen molar-refractivity contribution in [1.82, 2.24) is 9.97 Å². The number of fused-ring (bicyclic) bond motifs is 1. The van der Waals surface area contributed by atoms with Gasteiger partial charge in [0.05, 0.1) is 33.1 Å². The second-order valence-electron chi connectivity index (χ2n) is 8.13. The number of sulfone groups is 1. The molecule has 5 rings (SSSR count). The first-order valence-electron chi connectivity index (χ1n) is 10.8. The Morgan fingerprint density at radius 3 is 2.26 bits per heavy atom. The van der Waals surface area contributed by atoms with E-state index < -0.39 is 15.4 Å². The second-order valence-corrected chi connectivity index (χ2v) is 11.0. The molecule has 0 aliphatic carbocycles. The minimum absolute atomic E-state index is 0.161. The van der Waals surface area contributed by atoms with Gasteiger partial charge in [-0.3, -0.25) is 9.97 Å². The van der Waals surface area contributed by atoms with Crippen LogP contribution >= 0.6 is 11.3 Å². The summed E-state index contributed by atoms with van der Waals surface area (Å²) in [5.41, 5.74) is 3.52. The lowest BCUT2D eigenvalue weighted by atomic mass is 9.85. The van der Waals surface area contributed by atoms with E-state index in [1.807, 2.05) is 36.4 Å². The molecule has 0 radical (unpaired) electrons. The van der Waals surface area contributed by atoms with Gasteiger partial charge in [0.1, 0.15) is 5.82 Å². The van der Waals surface area contributed by atoms with Crippen molar-refractivity contribution in [3.05, 3.63) is 124 Å². The summed E-state index contributed by atoms with van der Waals surface area (Å²) in [6.07, 6.45) is 2.88. The van der Waals surface area contributed by atoms with Crippen LogP contribution in [-0.4, -0.2) is 24.6 Å². The SMILES string of the molecule is CS(=O)(=O)c1ccc(C(OCc2ccc3ccccc3n2)(c2ccc(F)cc2)c2cncs2)cc1. The molecule has 0 spiro atoms. The number of para-hydroxylation sites is 1. The molecular weight excluding hydrogens is 483 g/mol. The first kappa shape index (κ1) is 23.3. The van der Waals surface area contributed by atoms with Gasteiger partial charge >= 0.3 is 0 Å². The predicted octanol–water partition coefficient (Wildman–Crippen LogP) is 5.74. The summed E-state index contributed by atoms with van der Waals surface area (Å²) in [7, 11) is -3.38. The number of nitrogens with zero attached hydrogens (tertiary/aromatic N) is 2. The van der Waals surface area contributed by atoms with Gasteiger partial charge < -0.3 is 4.74 Å². The van der Waals surface area contributed by atoms with Crippen molar-refractivity contribution in [3.8, 4) is 0 Å². The first-order chi connectivity index (χ1) is 16.9. The Kier molecular flexibility index (Phi) is 6.19. The van der Waals surface area contributed by atoms with Gasteiger partial charge in [-0.2, -0.15) is 0 Å². The van der Waals surface area contributed by atoms with Crippen LogP contribution in [0, 0.1) is 5.82 Å². The normalized spacial score (nSPS) is 13.5. The highest BCUT2D eigenvalue weighted by atomic mass is 32.2. The van der Waals surface area contributed by atoms with Crippen molar-refractivity contribution in [2.24, 2.45) is 0 Å². The van der Waals surface area contributed by atoms with E-state index in [-0.39, 0.29) is 17.3 Å². The monoisotopic (exact) mass is 504 g/mol. The smallest absolute Gasteiger partial charge is 0.175 e. The average molecular weight is 505 g/mol. The van der Waals surface area contributed by atoms with E-state index in [4.69, 9.17) is 9.72 Å². The van der Waals surface area contributed by atoms with E-state index in [9.17, 15) is 12.8 Å². The third-order valence-electron chi connectivity index (χ3n) is 5.81. The van der Waals surface area contributed by atoms with Crippen molar-refractivity contribution >= 4 is 32.1 Å². The minimum Gasteiger partial charge on any atom is -0.354 e. The number of ether oxygens (including phenoxy) is 1. The van der Waals surface area contributed by atoms with E-state index in [1.165, 1.54) is 29.7 Å². The number of hydrogen-bond acceptors (Lipinski definition) is 6. The third-order valence-corrected chi connectivity index (χ3v) is 7.81. The summed E-state index contributed by atoms with van der Waals surface area (Å²) in [4.78, 5) is 9.97. The maximum Gasteiger partial charge on any atom is 0.175 e. The average Bonchev–Trinajstić information content (AvgIpc) is 3.40. The molecule has 0 fully saturated rings. The molecule has 0 N–H and O–H groups in total. The largest absolute Gasteiger partial charge is 0.354 e. The van der Waals surface area contributed by atoms with Crippen molar-refractivity contribution in [2.75, 3.05) is 6.26 Å². The van der Waals surface area contributed by atoms with Gasteiger partial charge in [0.25, 0.3) is 0 Å². The topological polar surface area (TPSA) is 69.2 Å². The number of thiazole rings is 1. The van der Waals surface area contributed by atoms with Crippen LogP contribution in [0.25, 0.3) is 10.9 Å². The number of pyridine rings is 1. The summed E-state index contributed by atoms with van der Waals surface area (Å²) in [6, 6.07) is 24.4. The lowest BCUT2D eigenvalue weighted by Gasteiger charge is -2.34. The molecule has 0 bridgehead atoms. The summed E-state index contributed by atoms with van der Waals surface area (Å²) in [5.74, 6) is -0.365. The Morgan fingerprint density at radius 2 is 1.60 bits per heavy atom.